The van der Waals surface area contributed by atoms with Crippen molar-refractivity contribution in [2.75, 3.05) is 17.2 Å². The standard InChI is InChI=1S/C23H25N3O3/c1-16(2)29-21-7-5-4-6-20(21)25-18-10-13-22(24-14-18)26-23(27)15-28-19-11-8-17(3)9-12-19/h4-14,16,25H,15H2,1-3H3,(H,24,26,27). The number of hydrogen-bond acceptors (Lipinski definition) is 5. The molecule has 0 aliphatic carbocycles. The Kier molecular flexibility index (Phi) is 6.68. The Morgan fingerprint density at radius 1 is 1.03 bits per heavy atom. The van der Waals surface area contributed by atoms with Crippen molar-refractivity contribution in [3.8, 4) is 11.5 Å². The number of carbonyl (C=O) groups is 1. The second-order valence-corrected chi connectivity index (χ2v) is 6.87. The molecule has 0 radical (unpaired) electrons. The molecule has 0 atom stereocenters. The van der Waals surface area contributed by atoms with Gasteiger partial charge in [-0.1, -0.05) is 29.8 Å². The summed E-state index contributed by atoms with van der Waals surface area (Å²) in [4.78, 5) is 16.3. The minimum absolute atomic E-state index is 0.0787. The van der Waals surface area contributed by atoms with Crippen molar-refractivity contribution in [2.24, 2.45) is 0 Å². The lowest BCUT2D eigenvalue weighted by atomic mass is 10.2. The van der Waals surface area contributed by atoms with Crippen molar-refractivity contribution in [1.29, 1.82) is 0 Å². The van der Waals surface area contributed by atoms with Gasteiger partial charge in [0.25, 0.3) is 5.91 Å². The topological polar surface area (TPSA) is 72.5 Å². The summed E-state index contributed by atoms with van der Waals surface area (Å²) in [6.45, 7) is 5.89. The first-order chi connectivity index (χ1) is 14.0. The van der Waals surface area contributed by atoms with E-state index in [0.29, 0.717) is 11.6 Å². The molecule has 29 heavy (non-hydrogen) atoms. The third-order valence-electron chi connectivity index (χ3n) is 3.95. The molecule has 0 bridgehead atoms. The Morgan fingerprint density at radius 3 is 2.48 bits per heavy atom. The van der Waals surface area contributed by atoms with E-state index in [2.05, 4.69) is 15.6 Å². The SMILES string of the molecule is Cc1ccc(OCC(=O)Nc2ccc(Nc3ccccc3OC(C)C)cn2)cc1. The molecule has 6 nitrogen and oxygen atoms in total. The van der Waals surface area contributed by atoms with Crippen LogP contribution in [0.4, 0.5) is 17.2 Å². The highest BCUT2D eigenvalue weighted by Crippen LogP contribution is 2.28. The van der Waals surface area contributed by atoms with Gasteiger partial charge in [0.15, 0.2) is 6.61 Å². The quantitative estimate of drug-likeness (QED) is 0.569. The van der Waals surface area contributed by atoms with Gasteiger partial charge < -0.3 is 20.1 Å². The lowest BCUT2D eigenvalue weighted by molar-refractivity contribution is -0.118. The number of carbonyl (C=O) groups excluding carboxylic acids is 1. The number of anilines is 3. The molecule has 1 amide bonds. The minimum Gasteiger partial charge on any atom is -0.489 e. The Bertz CT molecular complexity index is 938. The molecule has 0 aliphatic heterocycles. The van der Waals surface area contributed by atoms with Gasteiger partial charge in [-0.2, -0.15) is 0 Å². The highest BCUT2D eigenvalue weighted by molar-refractivity contribution is 5.91. The number of amides is 1. The van der Waals surface area contributed by atoms with E-state index in [9.17, 15) is 4.79 Å². The first-order valence-corrected chi connectivity index (χ1v) is 9.47. The lowest BCUT2D eigenvalue weighted by Gasteiger charge is -2.15. The maximum Gasteiger partial charge on any atom is 0.263 e. The van der Waals surface area contributed by atoms with E-state index in [1.54, 1.807) is 12.3 Å². The summed E-state index contributed by atoms with van der Waals surface area (Å²) in [5.41, 5.74) is 2.78. The summed E-state index contributed by atoms with van der Waals surface area (Å²) in [6.07, 6.45) is 1.73. The molecule has 1 aromatic heterocycles. The van der Waals surface area contributed by atoms with Crippen LogP contribution in [0.3, 0.4) is 0 Å². The summed E-state index contributed by atoms with van der Waals surface area (Å²) in [5, 5.41) is 6.01. The number of nitrogens with one attached hydrogen (secondary N) is 2. The zero-order valence-electron chi connectivity index (χ0n) is 16.8. The molecule has 2 aromatic carbocycles. The summed E-state index contributed by atoms with van der Waals surface area (Å²) < 4.78 is 11.3. The van der Waals surface area contributed by atoms with E-state index in [0.717, 1.165) is 22.7 Å². The largest absolute Gasteiger partial charge is 0.489 e. The van der Waals surface area contributed by atoms with Gasteiger partial charge in [-0.3, -0.25) is 4.79 Å². The van der Waals surface area contributed by atoms with E-state index < -0.39 is 0 Å². The third-order valence-corrected chi connectivity index (χ3v) is 3.95. The van der Waals surface area contributed by atoms with Crippen LogP contribution in [-0.2, 0) is 4.79 Å². The van der Waals surface area contributed by atoms with Crippen molar-refractivity contribution in [3.05, 3.63) is 72.4 Å². The number of pyridine rings is 1. The molecule has 3 aromatic rings. The molecule has 1 heterocycles. The van der Waals surface area contributed by atoms with E-state index in [1.807, 2.05) is 75.4 Å². The fourth-order valence-corrected chi connectivity index (χ4v) is 2.59. The van der Waals surface area contributed by atoms with Crippen molar-refractivity contribution in [1.82, 2.24) is 4.98 Å². The first-order valence-electron chi connectivity index (χ1n) is 9.47. The van der Waals surface area contributed by atoms with Crippen LogP contribution >= 0.6 is 0 Å². The molecule has 0 saturated carbocycles. The molecular formula is C23H25N3O3. The van der Waals surface area contributed by atoms with Crippen LogP contribution in [0.2, 0.25) is 0 Å². The zero-order chi connectivity index (χ0) is 20.6. The molecule has 0 aliphatic rings. The summed E-state index contributed by atoms with van der Waals surface area (Å²) in [5.74, 6) is 1.61. The number of benzene rings is 2. The highest BCUT2D eigenvalue weighted by Gasteiger charge is 2.07. The predicted molar refractivity (Wildman–Crippen MR) is 115 cm³/mol. The molecule has 0 unspecified atom stereocenters. The van der Waals surface area contributed by atoms with Gasteiger partial charge in [-0.05, 0) is 57.2 Å². The Hall–Kier alpha value is -3.54. The van der Waals surface area contributed by atoms with Gasteiger partial charge in [-0.25, -0.2) is 4.98 Å². The molecule has 0 fully saturated rings. The number of rotatable bonds is 8. The van der Waals surface area contributed by atoms with Crippen LogP contribution in [0.5, 0.6) is 11.5 Å². The van der Waals surface area contributed by atoms with Crippen LogP contribution < -0.4 is 20.1 Å². The van der Waals surface area contributed by atoms with Crippen molar-refractivity contribution < 1.29 is 14.3 Å². The van der Waals surface area contributed by atoms with Crippen LogP contribution in [-0.4, -0.2) is 23.6 Å². The Balaban J connectivity index is 1.55. The van der Waals surface area contributed by atoms with Gasteiger partial charge >= 0.3 is 0 Å². The number of aromatic nitrogens is 1. The van der Waals surface area contributed by atoms with Crippen LogP contribution in [0.1, 0.15) is 19.4 Å². The average molecular weight is 391 g/mol. The zero-order valence-corrected chi connectivity index (χ0v) is 16.8. The molecule has 150 valence electrons. The smallest absolute Gasteiger partial charge is 0.263 e. The maximum atomic E-state index is 12.1. The molecule has 3 rings (SSSR count). The van der Waals surface area contributed by atoms with E-state index in [1.165, 1.54) is 0 Å². The average Bonchev–Trinajstić information content (AvgIpc) is 2.70. The normalized spacial score (nSPS) is 10.5. The van der Waals surface area contributed by atoms with E-state index >= 15 is 0 Å². The Morgan fingerprint density at radius 2 is 1.79 bits per heavy atom. The fraction of sp³-hybridized carbons (Fsp3) is 0.217. The number of ether oxygens (including phenoxy) is 2. The van der Waals surface area contributed by atoms with Crippen molar-refractivity contribution >= 4 is 23.1 Å². The van der Waals surface area contributed by atoms with Gasteiger partial charge in [0.2, 0.25) is 0 Å². The summed E-state index contributed by atoms with van der Waals surface area (Å²) in [6, 6.07) is 18.8. The van der Waals surface area contributed by atoms with Crippen LogP contribution in [0, 0.1) is 6.92 Å². The molecule has 2 N–H and O–H groups in total. The molecular weight excluding hydrogens is 366 g/mol. The highest BCUT2D eigenvalue weighted by atomic mass is 16.5. The number of para-hydroxylation sites is 2. The molecule has 6 heteroatoms. The fourth-order valence-electron chi connectivity index (χ4n) is 2.59. The number of hydrogen-bond donors (Lipinski definition) is 2. The first kappa shape index (κ1) is 20.2. The second kappa shape index (κ2) is 9.59. The molecule has 0 saturated heterocycles. The van der Waals surface area contributed by atoms with E-state index in [4.69, 9.17) is 9.47 Å². The third kappa shape index (κ3) is 6.24. The summed E-state index contributed by atoms with van der Waals surface area (Å²) >= 11 is 0. The number of nitrogens with zero attached hydrogens (tertiary/aromatic N) is 1. The lowest BCUT2D eigenvalue weighted by Crippen LogP contribution is -2.20. The predicted octanol–water partition coefficient (Wildman–Crippen LogP) is 4.94. The van der Waals surface area contributed by atoms with Gasteiger partial charge in [0.05, 0.1) is 23.7 Å². The number of aryl methyl sites for hydroxylation is 1. The van der Waals surface area contributed by atoms with E-state index in [-0.39, 0.29) is 18.6 Å². The maximum absolute atomic E-state index is 12.1. The minimum atomic E-state index is -0.269. The summed E-state index contributed by atoms with van der Waals surface area (Å²) in [7, 11) is 0. The van der Waals surface area contributed by atoms with Crippen LogP contribution in [0.15, 0.2) is 66.9 Å². The van der Waals surface area contributed by atoms with Gasteiger partial charge in [0, 0.05) is 0 Å². The van der Waals surface area contributed by atoms with Gasteiger partial charge in [0.1, 0.15) is 17.3 Å². The second-order valence-electron chi connectivity index (χ2n) is 6.87. The monoisotopic (exact) mass is 391 g/mol. The van der Waals surface area contributed by atoms with Crippen LogP contribution in [0.25, 0.3) is 0 Å². The van der Waals surface area contributed by atoms with Gasteiger partial charge in [-0.15, -0.1) is 0 Å². The van der Waals surface area contributed by atoms with Crippen molar-refractivity contribution in [2.45, 2.75) is 26.9 Å². The Labute approximate surface area is 170 Å². The van der Waals surface area contributed by atoms with Crippen molar-refractivity contribution in [3.63, 3.8) is 0 Å². The molecule has 0 spiro atoms.